The number of ether oxygens (including phenoxy) is 1. The molecule has 1 radical (unpaired) electrons. The first-order chi connectivity index (χ1) is 16.7. The molecule has 0 fully saturated rings. The average molecular weight is 488 g/mol. The Morgan fingerprint density at radius 2 is 1.18 bits per heavy atom. The summed E-state index contributed by atoms with van der Waals surface area (Å²) in [6.45, 7) is 11.0. The first kappa shape index (κ1) is 32.6. The van der Waals surface area contributed by atoms with E-state index < -0.39 is 8.80 Å². The number of unbranched alkanes of at least 4 members (excludes halogenated alkanes) is 15. The molecule has 0 aromatic heterocycles. The second kappa shape index (κ2) is 26.3. The van der Waals surface area contributed by atoms with Crippen molar-refractivity contribution in [2.75, 3.05) is 6.61 Å². The summed E-state index contributed by atoms with van der Waals surface area (Å²) >= 11 is 0. The molecule has 0 saturated carbocycles. The lowest BCUT2D eigenvalue weighted by Gasteiger charge is -2.04. The third kappa shape index (κ3) is 22.4. The fraction of sp³-hybridized carbons (Fsp3) is 0.710. The second-order valence-corrected chi connectivity index (χ2v) is 11.9. The van der Waals surface area contributed by atoms with Gasteiger partial charge in [-0.25, -0.2) is 0 Å². The van der Waals surface area contributed by atoms with E-state index >= 15 is 0 Å². The van der Waals surface area contributed by atoms with Gasteiger partial charge in [0.15, 0.2) is 0 Å². The lowest BCUT2D eigenvalue weighted by atomic mass is 10.0. The van der Waals surface area contributed by atoms with E-state index in [1.54, 1.807) is 0 Å². The van der Waals surface area contributed by atoms with Gasteiger partial charge in [0.25, 0.3) is 0 Å². The molecule has 0 amide bonds. The van der Waals surface area contributed by atoms with E-state index in [2.05, 4.69) is 56.9 Å². The topological polar surface area (TPSA) is 26.3 Å². The van der Waals surface area contributed by atoms with E-state index in [1.807, 2.05) is 6.07 Å². The molecule has 0 aliphatic rings. The van der Waals surface area contributed by atoms with Crippen LogP contribution < -0.4 is 5.19 Å². The third-order valence-electron chi connectivity index (χ3n) is 6.28. The number of hydrogen-bond donors (Lipinski definition) is 0. The molecule has 3 heteroatoms. The fourth-order valence-electron chi connectivity index (χ4n) is 3.86. The molecule has 0 aliphatic carbocycles. The van der Waals surface area contributed by atoms with Crippen molar-refractivity contribution in [1.29, 1.82) is 0 Å². The Balaban J connectivity index is 0.000000896. The molecule has 0 aliphatic heterocycles. The Labute approximate surface area is 214 Å². The highest BCUT2D eigenvalue weighted by Gasteiger charge is 2.02. The minimum absolute atomic E-state index is 0.00172. The Hall–Kier alpha value is -1.35. The fourth-order valence-corrected chi connectivity index (χ4v) is 4.82. The highest BCUT2D eigenvalue weighted by Crippen LogP contribution is 2.13. The standard InChI is InChI=1S/C22H44O2.C9H11Si/c1-3-5-7-8-9-10-11-12-13-14-15-16-17-18-19-20-22(23)24-21-6-4-2;1-3-10(2)9-7-5-4-6-8-9/h3-21H2,1-2H3;3-8H,1H2,2H3. The molecule has 0 bridgehead atoms. The van der Waals surface area contributed by atoms with Crippen LogP contribution in [-0.2, 0) is 9.53 Å². The third-order valence-corrected chi connectivity index (χ3v) is 8.14. The summed E-state index contributed by atoms with van der Waals surface area (Å²) in [5.74, 6) is -0.00172. The molecule has 195 valence electrons. The molecule has 0 spiro atoms. The largest absolute Gasteiger partial charge is 0.466 e. The summed E-state index contributed by atoms with van der Waals surface area (Å²) in [5.41, 5.74) is 2.06. The summed E-state index contributed by atoms with van der Waals surface area (Å²) < 4.78 is 5.16. The summed E-state index contributed by atoms with van der Waals surface area (Å²) in [5, 5.41) is 1.43. The number of carbonyl (C=O) groups is 1. The van der Waals surface area contributed by atoms with Gasteiger partial charge in [0.1, 0.15) is 8.80 Å². The molecular formula is C31H55O2Si. The Kier molecular flexibility index (Phi) is 25.2. The number of rotatable bonds is 21. The molecule has 0 N–H and O–H groups in total. The quantitative estimate of drug-likeness (QED) is 0.0980. The van der Waals surface area contributed by atoms with Gasteiger partial charge in [0.05, 0.1) is 6.61 Å². The van der Waals surface area contributed by atoms with Crippen LogP contribution in [0.25, 0.3) is 0 Å². The number of esters is 1. The van der Waals surface area contributed by atoms with Crippen LogP contribution in [-0.4, -0.2) is 21.4 Å². The first-order valence-corrected chi connectivity index (χ1v) is 16.4. The van der Waals surface area contributed by atoms with E-state index in [4.69, 9.17) is 4.74 Å². The van der Waals surface area contributed by atoms with Crippen molar-refractivity contribution in [3.8, 4) is 0 Å². The van der Waals surface area contributed by atoms with E-state index in [0.717, 1.165) is 19.3 Å². The highest BCUT2D eigenvalue weighted by molar-refractivity contribution is 6.76. The maximum atomic E-state index is 11.4. The molecular weight excluding hydrogens is 432 g/mol. The summed E-state index contributed by atoms with van der Waals surface area (Å²) in [4.78, 5) is 11.4. The van der Waals surface area contributed by atoms with Crippen molar-refractivity contribution >= 4 is 20.0 Å². The molecule has 34 heavy (non-hydrogen) atoms. The van der Waals surface area contributed by atoms with Gasteiger partial charge in [0, 0.05) is 6.42 Å². The van der Waals surface area contributed by atoms with E-state index in [1.165, 1.54) is 95.1 Å². The monoisotopic (exact) mass is 487 g/mol. The van der Waals surface area contributed by atoms with Crippen LogP contribution in [0.1, 0.15) is 129 Å². The lowest BCUT2D eigenvalue weighted by molar-refractivity contribution is -0.143. The van der Waals surface area contributed by atoms with Crippen LogP contribution in [0.4, 0.5) is 0 Å². The first-order valence-electron chi connectivity index (χ1n) is 14.3. The van der Waals surface area contributed by atoms with Gasteiger partial charge in [-0.15, -0.1) is 6.58 Å². The summed E-state index contributed by atoms with van der Waals surface area (Å²) in [6.07, 6.45) is 23.1. The predicted molar refractivity (Wildman–Crippen MR) is 153 cm³/mol. The van der Waals surface area contributed by atoms with Crippen molar-refractivity contribution in [3.63, 3.8) is 0 Å². The maximum absolute atomic E-state index is 11.4. The van der Waals surface area contributed by atoms with Gasteiger partial charge in [0.2, 0.25) is 0 Å². The van der Waals surface area contributed by atoms with E-state index in [9.17, 15) is 4.79 Å². The van der Waals surface area contributed by atoms with Crippen molar-refractivity contribution in [1.82, 2.24) is 0 Å². The molecule has 2 nitrogen and oxygen atoms in total. The zero-order valence-corrected chi connectivity index (χ0v) is 23.9. The minimum Gasteiger partial charge on any atom is -0.466 e. The number of hydrogen-bond acceptors (Lipinski definition) is 2. The lowest BCUT2D eigenvalue weighted by Crippen LogP contribution is -2.23. The molecule has 0 heterocycles. The predicted octanol–water partition coefficient (Wildman–Crippen LogP) is 9.33. The summed E-state index contributed by atoms with van der Waals surface area (Å²) in [7, 11) is -0.443. The van der Waals surface area contributed by atoms with Gasteiger partial charge < -0.3 is 4.74 Å². The van der Waals surface area contributed by atoms with Crippen LogP contribution in [0.15, 0.2) is 42.6 Å². The number of carbonyl (C=O) groups excluding carboxylic acids is 1. The van der Waals surface area contributed by atoms with Gasteiger partial charge in [-0.1, -0.05) is 158 Å². The van der Waals surface area contributed by atoms with Crippen molar-refractivity contribution < 1.29 is 9.53 Å². The smallest absolute Gasteiger partial charge is 0.305 e. The average Bonchev–Trinajstić information content (AvgIpc) is 2.87. The molecule has 0 saturated heterocycles. The van der Waals surface area contributed by atoms with Crippen LogP contribution in [0, 0.1) is 0 Å². The van der Waals surface area contributed by atoms with Gasteiger partial charge in [-0.2, -0.15) is 0 Å². The van der Waals surface area contributed by atoms with Crippen LogP contribution in [0.3, 0.4) is 0 Å². The summed E-state index contributed by atoms with van der Waals surface area (Å²) in [6, 6.07) is 10.5. The normalized spacial score (nSPS) is 10.6. The molecule has 1 rings (SSSR count). The molecule has 1 aromatic rings. The van der Waals surface area contributed by atoms with Crippen molar-refractivity contribution in [2.45, 2.75) is 136 Å². The second-order valence-electron chi connectivity index (χ2n) is 9.53. The van der Waals surface area contributed by atoms with Crippen LogP contribution >= 0.6 is 0 Å². The highest BCUT2D eigenvalue weighted by atomic mass is 28.3. The van der Waals surface area contributed by atoms with Crippen molar-refractivity contribution in [2.24, 2.45) is 0 Å². The molecule has 0 unspecified atom stereocenters. The zero-order valence-electron chi connectivity index (χ0n) is 22.9. The maximum Gasteiger partial charge on any atom is 0.305 e. The Bertz CT molecular complexity index is 558. The van der Waals surface area contributed by atoms with E-state index in [-0.39, 0.29) is 5.97 Å². The van der Waals surface area contributed by atoms with Crippen molar-refractivity contribution in [3.05, 3.63) is 42.6 Å². The van der Waals surface area contributed by atoms with E-state index in [0.29, 0.717) is 13.0 Å². The Morgan fingerprint density at radius 3 is 1.62 bits per heavy atom. The zero-order chi connectivity index (χ0) is 25.1. The molecule has 1 aromatic carbocycles. The van der Waals surface area contributed by atoms with Gasteiger partial charge in [-0.05, 0) is 12.8 Å². The van der Waals surface area contributed by atoms with Crippen LogP contribution in [0.5, 0.6) is 0 Å². The molecule has 0 atom stereocenters. The Morgan fingerprint density at radius 1 is 0.735 bits per heavy atom. The minimum atomic E-state index is -0.443. The van der Waals surface area contributed by atoms with Gasteiger partial charge >= 0.3 is 5.97 Å². The number of benzene rings is 1. The van der Waals surface area contributed by atoms with Crippen LogP contribution in [0.2, 0.25) is 6.55 Å². The van der Waals surface area contributed by atoms with Gasteiger partial charge in [-0.3, -0.25) is 4.79 Å². The SMILES string of the molecule is C=C[Si](C)c1ccccc1.CCCCCCCCCCCCCCCCCC(=O)OCCCC.